The first-order valence-corrected chi connectivity index (χ1v) is 8.01. The second kappa shape index (κ2) is 11.5. The van der Waals surface area contributed by atoms with E-state index in [9.17, 15) is 10.2 Å². The van der Waals surface area contributed by atoms with Crippen molar-refractivity contribution in [3.8, 4) is 0 Å². The van der Waals surface area contributed by atoms with Crippen LogP contribution < -0.4 is 0 Å². The molecule has 0 radical (unpaired) electrons. The van der Waals surface area contributed by atoms with Crippen LogP contribution in [0.3, 0.4) is 0 Å². The SMILES string of the molecule is C=CCC(O)C(CCCCCCCC)C(O)C(C)C. The summed E-state index contributed by atoms with van der Waals surface area (Å²) >= 11 is 0. The fourth-order valence-corrected chi connectivity index (χ4v) is 2.59. The summed E-state index contributed by atoms with van der Waals surface area (Å²) in [6.07, 6.45) is 9.85. The van der Waals surface area contributed by atoms with Crippen molar-refractivity contribution >= 4 is 0 Å². The summed E-state index contributed by atoms with van der Waals surface area (Å²) in [7, 11) is 0. The molecule has 0 fully saturated rings. The first kappa shape index (κ1) is 18.7. The van der Waals surface area contributed by atoms with E-state index in [1.807, 2.05) is 13.8 Å². The Kier molecular flexibility index (Phi) is 11.3. The van der Waals surface area contributed by atoms with Gasteiger partial charge in [0.15, 0.2) is 0 Å². The molecular weight excluding hydrogens is 236 g/mol. The smallest absolute Gasteiger partial charge is 0.0627 e. The Morgan fingerprint density at radius 3 is 2.11 bits per heavy atom. The van der Waals surface area contributed by atoms with E-state index in [1.165, 1.54) is 32.1 Å². The van der Waals surface area contributed by atoms with Crippen molar-refractivity contribution in [3.63, 3.8) is 0 Å². The molecular formula is C17H34O2. The van der Waals surface area contributed by atoms with Gasteiger partial charge in [-0.2, -0.15) is 0 Å². The van der Waals surface area contributed by atoms with Gasteiger partial charge in [0.25, 0.3) is 0 Å². The summed E-state index contributed by atoms with van der Waals surface area (Å²) in [4.78, 5) is 0. The van der Waals surface area contributed by atoms with Gasteiger partial charge in [0.2, 0.25) is 0 Å². The molecule has 0 spiro atoms. The summed E-state index contributed by atoms with van der Waals surface area (Å²) in [5.74, 6) is 0.189. The summed E-state index contributed by atoms with van der Waals surface area (Å²) in [5.41, 5.74) is 0. The van der Waals surface area contributed by atoms with Crippen LogP contribution in [0.25, 0.3) is 0 Å². The molecule has 0 rings (SSSR count). The van der Waals surface area contributed by atoms with Crippen LogP contribution in [0.15, 0.2) is 12.7 Å². The second-order valence-electron chi connectivity index (χ2n) is 6.05. The van der Waals surface area contributed by atoms with Crippen LogP contribution in [0, 0.1) is 11.8 Å². The van der Waals surface area contributed by atoms with Crippen LogP contribution in [0.1, 0.15) is 72.1 Å². The van der Waals surface area contributed by atoms with Gasteiger partial charge < -0.3 is 10.2 Å². The van der Waals surface area contributed by atoms with Crippen molar-refractivity contribution in [3.05, 3.63) is 12.7 Å². The molecule has 3 atom stereocenters. The average molecular weight is 270 g/mol. The van der Waals surface area contributed by atoms with Gasteiger partial charge in [-0.15, -0.1) is 6.58 Å². The molecule has 0 bridgehead atoms. The van der Waals surface area contributed by atoms with Gasteiger partial charge in [-0.05, 0) is 18.8 Å². The molecule has 0 aromatic heterocycles. The van der Waals surface area contributed by atoms with Gasteiger partial charge in [0, 0.05) is 5.92 Å². The van der Waals surface area contributed by atoms with Crippen molar-refractivity contribution < 1.29 is 10.2 Å². The predicted molar refractivity (Wildman–Crippen MR) is 83.1 cm³/mol. The molecule has 0 amide bonds. The third-order valence-corrected chi connectivity index (χ3v) is 3.92. The van der Waals surface area contributed by atoms with Gasteiger partial charge >= 0.3 is 0 Å². The summed E-state index contributed by atoms with van der Waals surface area (Å²) in [6.45, 7) is 9.93. The Hall–Kier alpha value is -0.340. The summed E-state index contributed by atoms with van der Waals surface area (Å²) < 4.78 is 0. The molecule has 3 unspecified atom stereocenters. The fraction of sp³-hybridized carbons (Fsp3) is 0.882. The number of aliphatic hydroxyl groups excluding tert-OH is 2. The summed E-state index contributed by atoms with van der Waals surface area (Å²) in [5, 5.41) is 20.4. The largest absolute Gasteiger partial charge is 0.392 e. The molecule has 114 valence electrons. The van der Waals surface area contributed by atoms with Crippen LogP contribution in [-0.4, -0.2) is 22.4 Å². The van der Waals surface area contributed by atoms with E-state index < -0.39 is 12.2 Å². The molecule has 0 aliphatic rings. The zero-order chi connectivity index (χ0) is 14.7. The molecule has 2 nitrogen and oxygen atoms in total. The van der Waals surface area contributed by atoms with E-state index in [4.69, 9.17) is 0 Å². The lowest BCUT2D eigenvalue weighted by molar-refractivity contribution is -0.0146. The van der Waals surface area contributed by atoms with E-state index in [0.29, 0.717) is 6.42 Å². The van der Waals surface area contributed by atoms with Crippen LogP contribution in [0.2, 0.25) is 0 Å². The molecule has 0 heterocycles. The highest BCUT2D eigenvalue weighted by atomic mass is 16.3. The predicted octanol–water partition coefficient (Wildman–Crippen LogP) is 4.31. The third-order valence-electron chi connectivity index (χ3n) is 3.92. The van der Waals surface area contributed by atoms with Crippen molar-refractivity contribution in [1.29, 1.82) is 0 Å². The Morgan fingerprint density at radius 1 is 1.00 bits per heavy atom. The molecule has 0 aromatic carbocycles. The van der Waals surface area contributed by atoms with Crippen LogP contribution >= 0.6 is 0 Å². The van der Waals surface area contributed by atoms with Gasteiger partial charge in [0.1, 0.15) is 0 Å². The topological polar surface area (TPSA) is 40.5 Å². The van der Waals surface area contributed by atoms with E-state index in [1.54, 1.807) is 6.08 Å². The number of hydrogen-bond acceptors (Lipinski definition) is 2. The van der Waals surface area contributed by atoms with Crippen molar-refractivity contribution in [2.24, 2.45) is 11.8 Å². The van der Waals surface area contributed by atoms with Gasteiger partial charge in [-0.1, -0.05) is 65.4 Å². The molecule has 2 heteroatoms. The minimum atomic E-state index is -0.453. The minimum absolute atomic E-state index is 0.0100. The lowest BCUT2D eigenvalue weighted by Crippen LogP contribution is -2.35. The Balaban J connectivity index is 4.08. The number of hydrogen-bond donors (Lipinski definition) is 2. The Morgan fingerprint density at radius 2 is 1.58 bits per heavy atom. The highest BCUT2D eigenvalue weighted by Gasteiger charge is 2.27. The maximum absolute atomic E-state index is 10.2. The molecule has 0 saturated heterocycles. The normalized spacial score (nSPS) is 16.3. The number of rotatable bonds is 12. The number of aliphatic hydroxyl groups is 2. The Labute approximate surface area is 119 Å². The lowest BCUT2D eigenvalue weighted by Gasteiger charge is -2.29. The zero-order valence-corrected chi connectivity index (χ0v) is 13.1. The van der Waals surface area contributed by atoms with E-state index in [0.717, 1.165) is 12.8 Å². The molecule has 0 saturated carbocycles. The minimum Gasteiger partial charge on any atom is -0.392 e. The maximum atomic E-state index is 10.2. The van der Waals surface area contributed by atoms with Gasteiger partial charge in [-0.25, -0.2) is 0 Å². The first-order chi connectivity index (χ1) is 9.04. The molecule has 0 aromatic rings. The van der Waals surface area contributed by atoms with Crippen LogP contribution in [0.4, 0.5) is 0 Å². The maximum Gasteiger partial charge on any atom is 0.0627 e. The van der Waals surface area contributed by atoms with E-state index in [-0.39, 0.29) is 11.8 Å². The van der Waals surface area contributed by atoms with E-state index >= 15 is 0 Å². The highest BCUT2D eigenvalue weighted by Crippen LogP contribution is 2.25. The van der Waals surface area contributed by atoms with Crippen molar-refractivity contribution in [2.75, 3.05) is 0 Å². The number of unbranched alkanes of at least 4 members (excludes halogenated alkanes) is 5. The van der Waals surface area contributed by atoms with Crippen LogP contribution in [-0.2, 0) is 0 Å². The van der Waals surface area contributed by atoms with E-state index in [2.05, 4.69) is 13.5 Å². The second-order valence-corrected chi connectivity index (χ2v) is 6.05. The molecule has 0 aliphatic heterocycles. The van der Waals surface area contributed by atoms with Crippen LogP contribution in [0.5, 0.6) is 0 Å². The Bertz CT molecular complexity index is 213. The standard InChI is InChI=1S/C17H34O2/c1-5-7-8-9-10-11-13-15(16(18)12-6-2)17(19)14(3)4/h6,14-19H,2,5,7-13H2,1,3-4H3. The summed E-state index contributed by atoms with van der Waals surface area (Å²) in [6, 6.07) is 0. The average Bonchev–Trinajstić information content (AvgIpc) is 2.37. The molecule has 19 heavy (non-hydrogen) atoms. The van der Waals surface area contributed by atoms with Gasteiger partial charge in [0.05, 0.1) is 12.2 Å². The zero-order valence-electron chi connectivity index (χ0n) is 13.1. The monoisotopic (exact) mass is 270 g/mol. The lowest BCUT2D eigenvalue weighted by atomic mass is 9.83. The van der Waals surface area contributed by atoms with Crippen molar-refractivity contribution in [1.82, 2.24) is 0 Å². The molecule has 2 N–H and O–H groups in total. The highest BCUT2D eigenvalue weighted by molar-refractivity contribution is 4.83. The third kappa shape index (κ3) is 8.43. The molecule has 0 aliphatic carbocycles. The van der Waals surface area contributed by atoms with Gasteiger partial charge in [-0.3, -0.25) is 0 Å². The van der Waals surface area contributed by atoms with Crippen molar-refractivity contribution in [2.45, 2.75) is 84.3 Å². The first-order valence-electron chi connectivity index (χ1n) is 8.01. The quantitative estimate of drug-likeness (QED) is 0.410. The fourth-order valence-electron chi connectivity index (χ4n) is 2.59.